The number of fused-ring (bicyclic) bond motifs is 1. The summed E-state index contributed by atoms with van der Waals surface area (Å²) in [5, 5.41) is 7.43. The minimum Gasteiger partial charge on any atom is -0.598 e. The molecule has 2 fully saturated rings. The Hall–Kier alpha value is -2.02. The molecular formula is C28H43F2N5O4S. The van der Waals surface area contributed by atoms with E-state index < -0.39 is 39.8 Å². The number of carbonyl (C=O) groups excluding carboxylic acids is 1. The summed E-state index contributed by atoms with van der Waals surface area (Å²) in [6, 6.07) is 0.882. The number of halogens is 2. The predicted molar refractivity (Wildman–Crippen MR) is 149 cm³/mol. The number of nitrogens with one attached hydrogen (secondary N) is 2. The van der Waals surface area contributed by atoms with E-state index in [1.807, 2.05) is 26.8 Å². The minimum absolute atomic E-state index is 0.213. The van der Waals surface area contributed by atoms with Crippen molar-refractivity contribution in [3.05, 3.63) is 29.7 Å². The highest BCUT2D eigenvalue weighted by Gasteiger charge is 2.40. The lowest BCUT2D eigenvalue weighted by molar-refractivity contribution is -0.0500. The van der Waals surface area contributed by atoms with Gasteiger partial charge in [-0.25, -0.2) is 23.1 Å². The highest BCUT2D eigenvalue weighted by Crippen LogP contribution is 2.41. The first-order valence-electron chi connectivity index (χ1n) is 14.1. The summed E-state index contributed by atoms with van der Waals surface area (Å²) in [6.07, 6.45) is 6.23. The van der Waals surface area contributed by atoms with E-state index in [4.69, 9.17) is 14.5 Å². The van der Waals surface area contributed by atoms with Crippen LogP contribution in [0.5, 0.6) is 0 Å². The van der Waals surface area contributed by atoms with Gasteiger partial charge in [-0.2, -0.15) is 5.10 Å². The van der Waals surface area contributed by atoms with Crippen LogP contribution >= 0.6 is 0 Å². The van der Waals surface area contributed by atoms with Gasteiger partial charge in [-0.15, -0.1) is 4.72 Å². The monoisotopic (exact) mass is 583 g/mol. The second kappa shape index (κ2) is 12.1. The molecule has 12 heteroatoms. The first kappa shape index (κ1) is 30.9. The van der Waals surface area contributed by atoms with Crippen molar-refractivity contribution in [2.24, 2.45) is 5.92 Å². The van der Waals surface area contributed by atoms with E-state index in [9.17, 15) is 18.1 Å². The number of ether oxygens (including phenoxy) is 2. The second-order valence-corrected chi connectivity index (χ2v) is 15.0. The van der Waals surface area contributed by atoms with Gasteiger partial charge < -0.3 is 19.3 Å². The summed E-state index contributed by atoms with van der Waals surface area (Å²) in [4.78, 5) is 17.5. The smallest absolute Gasteiger partial charge is 0.408 e. The summed E-state index contributed by atoms with van der Waals surface area (Å²) in [5.41, 5.74) is 1.12. The molecule has 2 aliphatic carbocycles. The van der Waals surface area contributed by atoms with Gasteiger partial charge in [0.1, 0.15) is 16.4 Å². The van der Waals surface area contributed by atoms with Crippen LogP contribution in [-0.2, 0) is 20.8 Å². The van der Waals surface area contributed by atoms with Crippen LogP contribution in [0.4, 0.5) is 13.6 Å². The van der Waals surface area contributed by atoms with Gasteiger partial charge in [0, 0.05) is 24.2 Å². The maximum atomic E-state index is 13.9. The maximum absolute atomic E-state index is 13.9. The molecule has 2 N–H and O–H groups in total. The topological polar surface area (TPSA) is 113 Å². The molecule has 2 saturated carbocycles. The van der Waals surface area contributed by atoms with Crippen LogP contribution < -0.4 is 10.0 Å². The molecule has 0 spiro atoms. The Balaban J connectivity index is 1.60. The van der Waals surface area contributed by atoms with E-state index in [0.717, 1.165) is 24.8 Å². The van der Waals surface area contributed by atoms with Gasteiger partial charge in [-0.05, 0) is 91.2 Å². The molecule has 9 nitrogen and oxygen atoms in total. The molecule has 40 heavy (non-hydrogen) atoms. The first-order chi connectivity index (χ1) is 18.6. The van der Waals surface area contributed by atoms with Gasteiger partial charge in [0.15, 0.2) is 5.65 Å². The van der Waals surface area contributed by atoms with Gasteiger partial charge in [-0.1, -0.05) is 0 Å². The number of aromatic nitrogens is 3. The van der Waals surface area contributed by atoms with Crippen LogP contribution in [0.15, 0.2) is 18.5 Å². The third kappa shape index (κ3) is 8.27. The lowest BCUT2D eigenvalue weighted by Gasteiger charge is -2.33. The van der Waals surface area contributed by atoms with Crippen molar-refractivity contribution in [3.63, 3.8) is 0 Å². The zero-order chi connectivity index (χ0) is 29.3. The molecule has 224 valence electrons. The van der Waals surface area contributed by atoms with E-state index in [1.165, 1.54) is 0 Å². The fourth-order valence-electron chi connectivity index (χ4n) is 4.79. The predicted octanol–water partition coefficient (Wildman–Crippen LogP) is 5.78. The van der Waals surface area contributed by atoms with Gasteiger partial charge in [-0.3, -0.25) is 0 Å². The Kier molecular flexibility index (Phi) is 9.33. The van der Waals surface area contributed by atoms with Crippen molar-refractivity contribution in [2.45, 2.75) is 121 Å². The zero-order valence-electron chi connectivity index (χ0n) is 24.3. The SMILES string of the molecule is CC(C)(C)OC(=O)N[C@H](c1cn2ncc([C@@H](COC3CCC3)N[S+]([O-])C(C)(C)C)cc2n1)C1CCC(F)(F)CC1. The van der Waals surface area contributed by atoms with E-state index in [2.05, 4.69) is 15.1 Å². The van der Waals surface area contributed by atoms with Crippen LogP contribution in [0, 0.1) is 5.92 Å². The molecule has 1 amide bonds. The van der Waals surface area contributed by atoms with E-state index in [1.54, 1.807) is 37.7 Å². The maximum Gasteiger partial charge on any atom is 0.408 e. The Labute approximate surface area is 238 Å². The standard InChI is InChI=1S/C28H43F2N5O4S/c1-26(2,3)39-25(36)33-24(18-10-12-28(29,30)13-11-18)21-16-35-23(32-21)14-19(15-31-35)22(17-38-20-8-7-9-20)34-40(37)27(4,5)6/h14-16,18,20,22,24,34H,7-13,17H2,1-6H3,(H,33,36)/t22-,24+,40?/m1/s1. The van der Waals surface area contributed by atoms with Gasteiger partial charge in [0.05, 0.1) is 36.8 Å². The molecule has 0 bridgehead atoms. The molecule has 0 aliphatic heterocycles. The number of hydrogen-bond donors (Lipinski definition) is 2. The average Bonchev–Trinajstić information content (AvgIpc) is 3.22. The van der Waals surface area contributed by atoms with E-state index in [0.29, 0.717) is 17.9 Å². The molecule has 0 radical (unpaired) electrons. The molecule has 3 atom stereocenters. The van der Waals surface area contributed by atoms with Gasteiger partial charge in [0.2, 0.25) is 5.92 Å². The number of hydrogen-bond acceptors (Lipinski definition) is 7. The van der Waals surface area contributed by atoms with Crippen LogP contribution in [0.1, 0.15) is 110 Å². The molecule has 2 aromatic rings. The van der Waals surface area contributed by atoms with Gasteiger partial charge in [0.25, 0.3) is 0 Å². The molecule has 0 aromatic carbocycles. The Bertz CT molecular complexity index is 1150. The van der Waals surface area contributed by atoms with Crippen LogP contribution in [-0.4, -0.2) is 54.2 Å². The number of alkyl carbamates (subject to hydrolysis) is 1. The normalized spacial score (nSPS) is 21.0. The number of imidazole rings is 1. The van der Waals surface area contributed by atoms with Crippen molar-refractivity contribution in [2.75, 3.05) is 6.61 Å². The summed E-state index contributed by atoms with van der Waals surface area (Å²) < 4.78 is 56.7. The Morgan fingerprint density at radius 3 is 2.45 bits per heavy atom. The highest BCUT2D eigenvalue weighted by molar-refractivity contribution is 7.90. The molecule has 1 unspecified atom stereocenters. The first-order valence-corrected chi connectivity index (χ1v) is 15.3. The third-order valence-electron chi connectivity index (χ3n) is 7.34. The minimum atomic E-state index is -2.70. The molecule has 0 saturated heterocycles. The van der Waals surface area contributed by atoms with Crippen molar-refractivity contribution in [3.8, 4) is 0 Å². The van der Waals surface area contributed by atoms with Crippen molar-refractivity contribution < 1.29 is 27.6 Å². The second-order valence-electron chi connectivity index (χ2n) is 13.0. The Morgan fingerprint density at radius 1 is 1.20 bits per heavy atom. The van der Waals surface area contributed by atoms with Crippen LogP contribution in [0.3, 0.4) is 0 Å². The zero-order valence-corrected chi connectivity index (χ0v) is 25.2. The molecule has 2 aliphatic rings. The van der Waals surface area contributed by atoms with Crippen molar-refractivity contribution in [1.82, 2.24) is 24.6 Å². The average molecular weight is 584 g/mol. The number of amides is 1. The quantitative estimate of drug-likeness (QED) is 0.360. The molecule has 2 aromatic heterocycles. The molecular weight excluding hydrogens is 540 g/mol. The summed E-state index contributed by atoms with van der Waals surface area (Å²) in [6.45, 7) is 11.4. The molecule has 4 rings (SSSR count). The Morgan fingerprint density at radius 2 is 1.88 bits per heavy atom. The number of rotatable bonds is 9. The number of nitrogens with zero attached hydrogens (tertiary/aromatic N) is 3. The largest absolute Gasteiger partial charge is 0.598 e. The van der Waals surface area contributed by atoms with Crippen molar-refractivity contribution in [1.29, 1.82) is 0 Å². The summed E-state index contributed by atoms with van der Waals surface area (Å²) in [5.74, 6) is -2.92. The molecule has 2 heterocycles. The number of alkyl halides is 2. The van der Waals surface area contributed by atoms with Crippen molar-refractivity contribution >= 4 is 23.1 Å². The third-order valence-corrected chi connectivity index (χ3v) is 8.95. The van der Waals surface area contributed by atoms with E-state index in [-0.39, 0.29) is 43.7 Å². The van der Waals surface area contributed by atoms with Gasteiger partial charge >= 0.3 is 6.09 Å². The summed E-state index contributed by atoms with van der Waals surface area (Å²) in [7, 11) is 0. The van der Waals surface area contributed by atoms with Crippen LogP contribution in [0.25, 0.3) is 5.65 Å². The summed E-state index contributed by atoms with van der Waals surface area (Å²) >= 11 is -1.34. The lowest BCUT2D eigenvalue weighted by Crippen LogP contribution is -2.43. The van der Waals surface area contributed by atoms with E-state index >= 15 is 0 Å². The van der Waals surface area contributed by atoms with Crippen LogP contribution in [0.2, 0.25) is 0 Å². The fraction of sp³-hybridized carbons (Fsp3) is 0.750. The fourth-order valence-corrected chi connectivity index (χ4v) is 5.60. The highest BCUT2D eigenvalue weighted by atomic mass is 32.2. The number of carbonyl (C=O) groups is 1. The lowest BCUT2D eigenvalue weighted by atomic mass is 9.81.